The van der Waals surface area contributed by atoms with Crippen molar-refractivity contribution in [3.8, 4) is 11.1 Å². The maximum absolute atomic E-state index is 15.0. The smallest absolute Gasteiger partial charge is 0.382 e. The van der Waals surface area contributed by atoms with Gasteiger partial charge in [0.15, 0.2) is 5.82 Å². The molecule has 0 fully saturated rings. The van der Waals surface area contributed by atoms with E-state index in [2.05, 4.69) is 25.7 Å². The Balaban J connectivity index is 1.64. The number of rotatable bonds is 6. The zero-order valence-electron chi connectivity index (χ0n) is 19.2. The molecular weight excluding hydrogens is 496 g/mol. The number of amides is 3. The number of nitrogen functional groups attached to an aromatic ring is 1. The van der Waals surface area contributed by atoms with Crippen LogP contribution >= 0.6 is 0 Å². The summed E-state index contributed by atoms with van der Waals surface area (Å²) in [5.74, 6) is -1.75. The van der Waals surface area contributed by atoms with Crippen LogP contribution in [0.3, 0.4) is 0 Å². The molecule has 1 aromatic carbocycles. The van der Waals surface area contributed by atoms with Crippen LogP contribution in [0.2, 0.25) is 0 Å². The molecule has 4 aromatic rings. The van der Waals surface area contributed by atoms with E-state index in [1.807, 2.05) is 6.92 Å². The third-order valence-electron chi connectivity index (χ3n) is 5.21. The molecule has 10 nitrogen and oxygen atoms in total. The number of nitrogens with zero attached hydrogens (tertiary/aromatic N) is 4. The Morgan fingerprint density at radius 3 is 2.62 bits per heavy atom. The molecule has 0 unspecified atom stereocenters. The minimum Gasteiger partial charge on any atom is -0.382 e. The molecule has 0 saturated carbocycles. The largest absolute Gasteiger partial charge is 0.405 e. The monoisotopic (exact) mass is 516 g/mol. The molecule has 3 heterocycles. The minimum atomic E-state index is -4.64. The number of aryl methyl sites for hydroxylation is 1. The lowest BCUT2D eigenvalue weighted by atomic mass is 10.0. The normalized spacial score (nSPS) is 11.4. The van der Waals surface area contributed by atoms with E-state index >= 15 is 4.39 Å². The summed E-state index contributed by atoms with van der Waals surface area (Å²) >= 11 is 0. The van der Waals surface area contributed by atoms with Gasteiger partial charge in [-0.2, -0.15) is 18.3 Å². The van der Waals surface area contributed by atoms with Gasteiger partial charge in [0.05, 0.1) is 11.3 Å². The van der Waals surface area contributed by atoms with Crippen molar-refractivity contribution in [2.75, 3.05) is 22.9 Å². The lowest BCUT2D eigenvalue weighted by Gasteiger charge is -2.12. The maximum Gasteiger partial charge on any atom is 0.405 e. The first-order chi connectivity index (χ1) is 17.6. The van der Waals surface area contributed by atoms with E-state index < -0.39 is 30.5 Å². The predicted octanol–water partition coefficient (Wildman–Crippen LogP) is 4.01. The number of benzene rings is 1. The van der Waals surface area contributed by atoms with Crippen LogP contribution in [0.1, 0.15) is 23.0 Å². The third-order valence-corrected chi connectivity index (χ3v) is 5.21. The molecule has 14 heteroatoms. The quantitative estimate of drug-likeness (QED) is 0.286. The van der Waals surface area contributed by atoms with Gasteiger partial charge in [-0.05, 0) is 36.2 Å². The van der Waals surface area contributed by atoms with Crippen LogP contribution in [-0.2, 0) is 6.42 Å². The second-order valence-corrected chi connectivity index (χ2v) is 7.80. The fraction of sp³-hybridized carbons (Fsp3) is 0.174. The van der Waals surface area contributed by atoms with Gasteiger partial charge >= 0.3 is 12.2 Å². The standard InChI is InChI=1S/C23H20F4N8O2/c1-2-13-4-3-5-17(32-13)34-22(37)33-16-7-6-12(8-15(16)24)18-14(21(36)29-10-23(25,26)27)9-35-19(18)20(28)30-11-31-35/h3-9,11H,2,10H2,1H3,(H,29,36)(H2,28,30,31)(H2,32,33,34,37). The van der Waals surface area contributed by atoms with Gasteiger partial charge in [0.1, 0.15) is 30.0 Å². The fourth-order valence-corrected chi connectivity index (χ4v) is 3.56. The van der Waals surface area contributed by atoms with Crippen molar-refractivity contribution < 1.29 is 27.2 Å². The van der Waals surface area contributed by atoms with Crippen LogP contribution in [-0.4, -0.2) is 44.2 Å². The molecule has 0 saturated heterocycles. The van der Waals surface area contributed by atoms with Crippen LogP contribution in [0, 0.1) is 5.82 Å². The van der Waals surface area contributed by atoms with E-state index in [0.717, 1.165) is 22.6 Å². The Hall–Kier alpha value is -4.75. The zero-order valence-corrected chi connectivity index (χ0v) is 19.2. The average Bonchev–Trinajstić information content (AvgIpc) is 3.24. The van der Waals surface area contributed by atoms with Gasteiger partial charge < -0.3 is 16.4 Å². The van der Waals surface area contributed by atoms with Crippen molar-refractivity contribution in [2.24, 2.45) is 0 Å². The first-order valence-corrected chi connectivity index (χ1v) is 10.9. The van der Waals surface area contributed by atoms with E-state index in [9.17, 15) is 22.8 Å². The zero-order chi connectivity index (χ0) is 26.7. The lowest BCUT2D eigenvalue weighted by molar-refractivity contribution is -0.123. The number of anilines is 3. The summed E-state index contributed by atoms with van der Waals surface area (Å²) in [7, 11) is 0. The molecule has 0 radical (unpaired) electrons. The molecule has 0 atom stereocenters. The fourth-order valence-electron chi connectivity index (χ4n) is 3.56. The van der Waals surface area contributed by atoms with Gasteiger partial charge in [-0.25, -0.2) is 23.7 Å². The number of urea groups is 1. The Morgan fingerprint density at radius 1 is 1.14 bits per heavy atom. The second-order valence-electron chi connectivity index (χ2n) is 7.80. The number of hydrogen-bond acceptors (Lipinski definition) is 6. The minimum absolute atomic E-state index is 0.0215. The van der Waals surface area contributed by atoms with E-state index in [0.29, 0.717) is 6.42 Å². The van der Waals surface area contributed by atoms with Crippen molar-refractivity contribution in [3.63, 3.8) is 0 Å². The second kappa shape index (κ2) is 10.1. The average molecular weight is 516 g/mol. The van der Waals surface area contributed by atoms with Gasteiger partial charge in [-0.3, -0.25) is 10.1 Å². The third kappa shape index (κ3) is 5.74. The topological polar surface area (TPSA) is 139 Å². The molecule has 0 aliphatic carbocycles. The maximum atomic E-state index is 15.0. The number of hydrogen-bond donors (Lipinski definition) is 4. The number of nitrogens with two attached hydrogens (primary N) is 1. The highest BCUT2D eigenvalue weighted by atomic mass is 19.4. The van der Waals surface area contributed by atoms with Crippen molar-refractivity contribution in [1.82, 2.24) is 24.9 Å². The van der Waals surface area contributed by atoms with Crippen LogP contribution in [0.5, 0.6) is 0 Å². The lowest BCUT2D eigenvalue weighted by Crippen LogP contribution is -2.33. The summed E-state index contributed by atoms with van der Waals surface area (Å²) in [5.41, 5.74) is 6.49. The number of nitrogens with one attached hydrogen (secondary N) is 3. The van der Waals surface area contributed by atoms with Gasteiger partial charge in [0.2, 0.25) is 0 Å². The molecule has 4 rings (SSSR count). The summed E-state index contributed by atoms with van der Waals surface area (Å²) in [6.45, 7) is 0.337. The number of fused-ring (bicyclic) bond motifs is 1. The van der Waals surface area contributed by atoms with E-state index in [1.54, 1.807) is 23.5 Å². The summed E-state index contributed by atoms with van der Waals surface area (Å²) in [4.78, 5) is 33.0. The molecule has 0 aliphatic heterocycles. The van der Waals surface area contributed by atoms with Gasteiger partial charge in [0.25, 0.3) is 5.91 Å². The molecule has 192 valence electrons. The van der Waals surface area contributed by atoms with Crippen LogP contribution in [0.25, 0.3) is 16.6 Å². The van der Waals surface area contributed by atoms with E-state index in [-0.39, 0.29) is 39.5 Å². The SMILES string of the molecule is CCc1cccc(NC(=O)Nc2ccc(-c3c(C(=O)NCC(F)(F)F)cn4ncnc(N)c34)cc2F)n1. The number of alkyl halides is 3. The van der Waals surface area contributed by atoms with Crippen molar-refractivity contribution in [1.29, 1.82) is 0 Å². The number of halogens is 4. The molecule has 3 amide bonds. The molecule has 0 spiro atoms. The highest BCUT2D eigenvalue weighted by molar-refractivity contribution is 6.07. The molecule has 0 aliphatic rings. The molecule has 3 aromatic heterocycles. The predicted molar refractivity (Wildman–Crippen MR) is 127 cm³/mol. The number of pyridine rings is 1. The highest BCUT2D eigenvalue weighted by Gasteiger charge is 2.29. The Labute approximate surface area is 206 Å². The summed E-state index contributed by atoms with van der Waals surface area (Å²) in [5, 5.41) is 10.6. The molecule has 5 N–H and O–H groups in total. The van der Waals surface area contributed by atoms with Crippen molar-refractivity contribution in [2.45, 2.75) is 19.5 Å². The highest BCUT2D eigenvalue weighted by Crippen LogP contribution is 2.34. The number of carbonyl (C=O) groups is 2. The number of carbonyl (C=O) groups excluding carboxylic acids is 2. The van der Waals surface area contributed by atoms with Crippen LogP contribution < -0.4 is 21.7 Å². The van der Waals surface area contributed by atoms with Crippen molar-refractivity contribution in [3.05, 3.63) is 66.0 Å². The van der Waals surface area contributed by atoms with Gasteiger partial charge in [0, 0.05) is 17.5 Å². The van der Waals surface area contributed by atoms with E-state index in [1.165, 1.54) is 18.3 Å². The van der Waals surface area contributed by atoms with Crippen LogP contribution in [0.4, 0.5) is 39.7 Å². The van der Waals surface area contributed by atoms with Crippen molar-refractivity contribution >= 4 is 34.8 Å². The van der Waals surface area contributed by atoms with Gasteiger partial charge in [-0.1, -0.05) is 19.1 Å². The number of aromatic nitrogens is 4. The molecule has 0 bridgehead atoms. The Kier molecular flexibility index (Phi) is 6.91. The first-order valence-electron chi connectivity index (χ1n) is 10.9. The van der Waals surface area contributed by atoms with Crippen LogP contribution in [0.15, 0.2) is 48.9 Å². The first kappa shape index (κ1) is 25.3. The summed E-state index contributed by atoms with van der Waals surface area (Å²) < 4.78 is 54.1. The molecular formula is C23H20F4N8O2. The Morgan fingerprint density at radius 2 is 1.92 bits per heavy atom. The summed E-state index contributed by atoms with van der Waals surface area (Å²) in [6.07, 6.45) is -1.71. The Bertz CT molecular complexity index is 1490. The van der Waals surface area contributed by atoms with E-state index in [4.69, 9.17) is 5.73 Å². The van der Waals surface area contributed by atoms with Gasteiger partial charge in [-0.15, -0.1) is 0 Å². The summed E-state index contributed by atoms with van der Waals surface area (Å²) in [6, 6.07) is 7.96. The molecule has 37 heavy (non-hydrogen) atoms.